The normalized spacial score (nSPS) is 13.8. The Hall–Kier alpha value is -1.04. The van der Waals surface area contributed by atoms with E-state index in [0.717, 1.165) is 19.3 Å². The summed E-state index contributed by atoms with van der Waals surface area (Å²) in [7, 11) is 0. The molecule has 0 aliphatic carbocycles. The van der Waals surface area contributed by atoms with Crippen LogP contribution >= 0.6 is 11.6 Å². The molecule has 1 atom stereocenters. The highest BCUT2D eigenvalue weighted by atomic mass is 35.5. The van der Waals surface area contributed by atoms with Gasteiger partial charge in [0, 0.05) is 0 Å². The monoisotopic (exact) mass is 226 g/mol. The Morgan fingerprint density at radius 1 is 1.36 bits per heavy atom. The highest BCUT2D eigenvalue weighted by Crippen LogP contribution is 2.23. The fraction of sp³-hybridized carbons (Fsp3) is 0.429. The Morgan fingerprint density at radius 3 is 2.43 bits per heavy atom. The van der Waals surface area contributed by atoms with E-state index in [4.69, 9.17) is 11.6 Å². The number of aromatic nitrogens is 2. The van der Waals surface area contributed by atoms with Crippen molar-refractivity contribution in [3.8, 4) is 5.88 Å². The summed E-state index contributed by atoms with van der Waals surface area (Å²) in [6.45, 7) is 0.885. The van der Waals surface area contributed by atoms with Gasteiger partial charge in [0.15, 0.2) is 6.10 Å². The van der Waals surface area contributed by atoms with Crippen LogP contribution in [0.3, 0.4) is 0 Å². The molecule has 1 rings (SSSR count). The first kappa shape index (κ1) is 11.0. The molecular formula is C7H6ClF3N2O. The van der Waals surface area contributed by atoms with Crippen LogP contribution in [-0.2, 0) is 0 Å². The Kier molecular flexibility index (Phi) is 3.15. The molecule has 14 heavy (non-hydrogen) atoms. The number of nitrogens with zero attached hydrogens (tertiary/aromatic N) is 2. The molecule has 3 nitrogen and oxygen atoms in total. The summed E-state index contributed by atoms with van der Waals surface area (Å²) in [6.07, 6.45) is -4.19. The van der Waals surface area contributed by atoms with E-state index in [9.17, 15) is 13.2 Å². The molecule has 78 valence electrons. The largest absolute Gasteiger partial charge is 0.464 e. The van der Waals surface area contributed by atoms with Gasteiger partial charge >= 0.3 is 6.18 Å². The van der Waals surface area contributed by atoms with Crippen molar-refractivity contribution in [2.24, 2.45) is 0 Å². The average molecular weight is 227 g/mol. The van der Waals surface area contributed by atoms with E-state index in [2.05, 4.69) is 14.7 Å². The standard InChI is InChI=1S/C7H6ClF3N2O/c1-4(7(9,10)11)14-6-3-12-5(8)2-13-6/h2-4H,1H3. The van der Waals surface area contributed by atoms with Gasteiger partial charge in [-0.15, -0.1) is 0 Å². The second-order valence-corrected chi connectivity index (χ2v) is 2.87. The van der Waals surface area contributed by atoms with Crippen LogP contribution in [0, 0.1) is 0 Å². The zero-order valence-corrected chi connectivity index (χ0v) is 7.80. The number of hydrogen-bond donors (Lipinski definition) is 0. The van der Waals surface area contributed by atoms with Gasteiger partial charge in [-0.05, 0) is 6.92 Å². The van der Waals surface area contributed by atoms with Crippen molar-refractivity contribution in [1.82, 2.24) is 9.97 Å². The lowest BCUT2D eigenvalue weighted by molar-refractivity contribution is -0.190. The molecule has 0 saturated carbocycles. The van der Waals surface area contributed by atoms with Crippen molar-refractivity contribution in [2.75, 3.05) is 0 Å². The number of halogens is 4. The molecule has 1 unspecified atom stereocenters. The lowest BCUT2D eigenvalue weighted by Crippen LogP contribution is -2.31. The molecule has 0 saturated heterocycles. The third-order valence-electron chi connectivity index (χ3n) is 1.36. The van der Waals surface area contributed by atoms with Crippen LogP contribution in [-0.4, -0.2) is 22.2 Å². The Bertz CT molecular complexity index is 301. The lowest BCUT2D eigenvalue weighted by Gasteiger charge is -2.16. The van der Waals surface area contributed by atoms with E-state index < -0.39 is 12.3 Å². The van der Waals surface area contributed by atoms with Crippen molar-refractivity contribution >= 4 is 11.6 Å². The van der Waals surface area contributed by atoms with Crippen LogP contribution in [0.5, 0.6) is 5.88 Å². The van der Waals surface area contributed by atoms with Gasteiger partial charge in [-0.3, -0.25) is 0 Å². The van der Waals surface area contributed by atoms with Crippen molar-refractivity contribution < 1.29 is 17.9 Å². The summed E-state index contributed by atoms with van der Waals surface area (Å²) in [4.78, 5) is 7.04. The van der Waals surface area contributed by atoms with Crippen molar-refractivity contribution in [3.63, 3.8) is 0 Å². The fourth-order valence-electron chi connectivity index (χ4n) is 0.609. The molecule has 0 amide bonds. The van der Waals surface area contributed by atoms with E-state index in [0.29, 0.717) is 0 Å². The minimum absolute atomic E-state index is 0.0945. The second-order valence-electron chi connectivity index (χ2n) is 2.48. The summed E-state index contributed by atoms with van der Waals surface area (Å²) in [5.41, 5.74) is 0. The van der Waals surface area contributed by atoms with Crippen molar-refractivity contribution in [2.45, 2.75) is 19.2 Å². The van der Waals surface area contributed by atoms with Gasteiger partial charge in [-0.25, -0.2) is 9.97 Å². The van der Waals surface area contributed by atoms with E-state index >= 15 is 0 Å². The average Bonchev–Trinajstić information content (AvgIpc) is 2.07. The molecule has 7 heteroatoms. The predicted molar refractivity (Wildman–Crippen MR) is 43.2 cm³/mol. The maximum Gasteiger partial charge on any atom is 0.425 e. The molecule has 1 aromatic heterocycles. The second kappa shape index (κ2) is 4.00. The number of rotatable bonds is 2. The maximum atomic E-state index is 12.0. The number of alkyl halides is 3. The van der Waals surface area contributed by atoms with Crippen LogP contribution in [0.25, 0.3) is 0 Å². The minimum atomic E-state index is -4.42. The number of hydrogen-bond acceptors (Lipinski definition) is 3. The van der Waals surface area contributed by atoms with E-state index in [1.807, 2.05) is 0 Å². The number of ether oxygens (including phenoxy) is 1. The molecule has 0 aliphatic rings. The zero-order chi connectivity index (χ0) is 10.8. The summed E-state index contributed by atoms with van der Waals surface area (Å²) in [5, 5.41) is 0.0945. The van der Waals surface area contributed by atoms with Gasteiger partial charge in [0.25, 0.3) is 0 Å². The molecule has 0 spiro atoms. The van der Waals surface area contributed by atoms with E-state index in [1.165, 1.54) is 0 Å². The van der Waals surface area contributed by atoms with E-state index in [1.54, 1.807) is 0 Å². The van der Waals surface area contributed by atoms with Crippen molar-refractivity contribution in [3.05, 3.63) is 17.5 Å². The quantitative estimate of drug-likeness (QED) is 0.777. The SMILES string of the molecule is CC(Oc1cnc(Cl)cn1)C(F)(F)F. The third-order valence-corrected chi connectivity index (χ3v) is 1.55. The van der Waals surface area contributed by atoms with Gasteiger partial charge in [0.05, 0.1) is 12.4 Å². The summed E-state index contributed by atoms with van der Waals surface area (Å²) < 4.78 is 40.5. The van der Waals surface area contributed by atoms with Gasteiger partial charge < -0.3 is 4.74 Å². The van der Waals surface area contributed by atoms with Gasteiger partial charge in [-0.1, -0.05) is 11.6 Å². The summed E-state index contributed by atoms with van der Waals surface area (Å²) in [6, 6.07) is 0. The van der Waals surface area contributed by atoms with Crippen molar-refractivity contribution in [1.29, 1.82) is 0 Å². The molecule has 1 heterocycles. The Morgan fingerprint density at radius 2 is 2.00 bits per heavy atom. The first-order chi connectivity index (χ1) is 6.39. The van der Waals surface area contributed by atoms with Crippen LogP contribution in [0.4, 0.5) is 13.2 Å². The van der Waals surface area contributed by atoms with Crippen LogP contribution in [0.15, 0.2) is 12.4 Å². The zero-order valence-electron chi connectivity index (χ0n) is 7.05. The fourth-order valence-corrected chi connectivity index (χ4v) is 0.707. The van der Waals surface area contributed by atoms with Crippen LogP contribution in [0.1, 0.15) is 6.92 Å². The van der Waals surface area contributed by atoms with Gasteiger partial charge in [0.1, 0.15) is 5.15 Å². The van der Waals surface area contributed by atoms with Gasteiger partial charge in [0.2, 0.25) is 5.88 Å². The molecule has 0 radical (unpaired) electrons. The molecule has 0 aromatic carbocycles. The van der Waals surface area contributed by atoms with Gasteiger partial charge in [-0.2, -0.15) is 13.2 Å². The summed E-state index contributed by atoms with van der Waals surface area (Å²) in [5.74, 6) is -0.209. The highest BCUT2D eigenvalue weighted by Gasteiger charge is 2.38. The Labute approximate surface area is 82.9 Å². The molecular weight excluding hydrogens is 221 g/mol. The smallest absolute Gasteiger partial charge is 0.425 e. The highest BCUT2D eigenvalue weighted by molar-refractivity contribution is 6.29. The van der Waals surface area contributed by atoms with Crippen LogP contribution < -0.4 is 4.74 Å². The van der Waals surface area contributed by atoms with E-state index in [-0.39, 0.29) is 11.0 Å². The van der Waals surface area contributed by atoms with Crippen LogP contribution in [0.2, 0.25) is 5.15 Å². The lowest BCUT2D eigenvalue weighted by atomic mass is 10.4. The topological polar surface area (TPSA) is 35.0 Å². The molecule has 0 aliphatic heterocycles. The first-order valence-corrected chi connectivity index (χ1v) is 3.98. The first-order valence-electron chi connectivity index (χ1n) is 3.60. The summed E-state index contributed by atoms with van der Waals surface area (Å²) >= 11 is 5.39. The molecule has 0 N–H and O–H groups in total. The molecule has 1 aromatic rings. The molecule has 0 bridgehead atoms. The third kappa shape index (κ3) is 3.02. The molecule has 0 fully saturated rings. The predicted octanol–water partition coefficient (Wildman–Crippen LogP) is 2.46. The Balaban J connectivity index is 2.65. The minimum Gasteiger partial charge on any atom is -0.464 e. The maximum absolute atomic E-state index is 12.0.